The van der Waals surface area contributed by atoms with E-state index in [1.807, 2.05) is 35.2 Å². The zero-order valence-electron chi connectivity index (χ0n) is 11.1. The molecule has 4 aliphatic rings. The predicted octanol–water partition coefficient (Wildman–Crippen LogP) is 0.997. The number of carbonyl (C=O) groups is 1. The maximum atomic E-state index is 12.7. The number of benzene rings is 1. The van der Waals surface area contributed by atoms with Crippen molar-refractivity contribution in [3.05, 3.63) is 35.9 Å². The van der Waals surface area contributed by atoms with Gasteiger partial charge in [-0.2, -0.15) is 0 Å². The molecule has 2 saturated carbocycles. The fraction of sp³-hybridized carbons (Fsp3) is 0.562. The first-order valence-corrected chi connectivity index (χ1v) is 7.43. The highest BCUT2D eigenvalue weighted by Gasteiger charge is 2.72. The number of likely N-dealkylation sites (tertiary alicyclic amines) is 1. The number of hydrogen-bond donors (Lipinski definition) is 1. The number of aliphatic hydroxyl groups excluding tert-OH is 1. The Morgan fingerprint density at radius 2 is 2.05 bits per heavy atom. The minimum Gasteiger partial charge on any atom is -0.390 e. The van der Waals surface area contributed by atoms with Crippen LogP contribution in [0.5, 0.6) is 0 Å². The lowest BCUT2D eigenvalue weighted by atomic mass is 9.80. The average molecular weight is 271 g/mol. The van der Waals surface area contributed by atoms with E-state index in [2.05, 4.69) is 0 Å². The van der Waals surface area contributed by atoms with Gasteiger partial charge in [0.05, 0.1) is 18.1 Å². The van der Waals surface area contributed by atoms with E-state index in [9.17, 15) is 9.90 Å². The number of ether oxygens (including phenoxy) is 1. The van der Waals surface area contributed by atoms with Crippen molar-refractivity contribution in [2.45, 2.75) is 31.4 Å². The molecule has 4 heteroatoms. The quantitative estimate of drug-likeness (QED) is 0.873. The summed E-state index contributed by atoms with van der Waals surface area (Å²) in [6.45, 7) is 0.625. The first kappa shape index (κ1) is 11.3. The Kier molecular flexibility index (Phi) is 2.05. The Balaban J connectivity index is 1.49. The van der Waals surface area contributed by atoms with Crippen molar-refractivity contribution < 1.29 is 14.6 Å². The molecular formula is C16H17NO3. The highest BCUT2D eigenvalue weighted by atomic mass is 16.5. The van der Waals surface area contributed by atoms with Gasteiger partial charge in [0.25, 0.3) is 0 Å². The van der Waals surface area contributed by atoms with Gasteiger partial charge in [0.1, 0.15) is 6.23 Å². The summed E-state index contributed by atoms with van der Waals surface area (Å²) in [5.74, 6) is 1.05. The van der Waals surface area contributed by atoms with Crippen molar-refractivity contribution in [3.63, 3.8) is 0 Å². The van der Waals surface area contributed by atoms with Crippen molar-refractivity contribution in [1.82, 2.24) is 4.90 Å². The molecule has 2 heterocycles. The van der Waals surface area contributed by atoms with Gasteiger partial charge in [0.2, 0.25) is 5.91 Å². The first-order chi connectivity index (χ1) is 9.75. The largest absolute Gasteiger partial charge is 0.390 e. The number of nitrogens with zero attached hydrogens (tertiary/aromatic N) is 1. The van der Waals surface area contributed by atoms with Crippen molar-refractivity contribution in [1.29, 1.82) is 0 Å². The van der Waals surface area contributed by atoms with Crippen LogP contribution in [-0.2, 0) is 16.1 Å². The van der Waals surface area contributed by atoms with Gasteiger partial charge in [-0.25, -0.2) is 0 Å². The monoisotopic (exact) mass is 271 g/mol. The van der Waals surface area contributed by atoms with Crippen LogP contribution < -0.4 is 0 Å². The van der Waals surface area contributed by atoms with Crippen LogP contribution in [0.3, 0.4) is 0 Å². The number of aliphatic hydroxyl groups is 1. The van der Waals surface area contributed by atoms with E-state index >= 15 is 0 Å². The lowest BCUT2D eigenvalue weighted by molar-refractivity contribution is -0.152. The highest BCUT2D eigenvalue weighted by molar-refractivity contribution is 5.83. The molecule has 7 atom stereocenters. The molecule has 1 amide bonds. The molecule has 1 aromatic rings. The molecule has 20 heavy (non-hydrogen) atoms. The molecule has 2 saturated heterocycles. The molecule has 2 aliphatic heterocycles. The Bertz CT molecular complexity index is 574. The second-order valence-corrected chi connectivity index (χ2v) is 6.60. The third kappa shape index (κ3) is 1.18. The molecule has 2 aliphatic carbocycles. The minimum atomic E-state index is -0.422. The van der Waals surface area contributed by atoms with Gasteiger partial charge in [0, 0.05) is 12.5 Å². The van der Waals surface area contributed by atoms with E-state index in [4.69, 9.17) is 4.74 Å². The van der Waals surface area contributed by atoms with Gasteiger partial charge >= 0.3 is 0 Å². The molecule has 1 N–H and O–H groups in total. The Hall–Kier alpha value is -1.39. The van der Waals surface area contributed by atoms with Crippen molar-refractivity contribution in [2.24, 2.45) is 23.7 Å². The SMILES string of the molecule is O=C1C2C3CC4C(OC(C42)N1Cc1ccccc1)C3O. The van der Waals surface area contributed by atoms with E-state index < -0.39 is 6.10 Å². The second kappa shape index (κ2) is 3.62. The number of fused-ring (bicyclic) bond motifs is 2. The number of carbonyl (C=O) groups excluding carboxylic acids is 1. The summed E-state index contributed by atoms with van der Waals surface area (Å²) in [5, 5.41) is 10.2. The van der Waals surface area contributed by atoms with Crippen molar-refractivity contribution in [2.75, 3.05) is 0 Å². The van der Waals surface area contributed by atoms with Crippen LogP contribution in [0.25, 0.3) is 0 Å². The van der Waals surface area contributed by atoms with Crippen LogP contribution in [0.1, 0.15) is 12.0 Å². The fourth-order valence-electron chi connectivity index (χ4n) is 5.09. The molecule has 0 spiro atoms. The smallest absolute Gasteiger partial charge is 0.228 e. The molecule has 4 fully saturated rings. The summed E-state index contributed by atoms with van der Waals surface area (Å²) in [4.78, 5) is 14.6. The third-order valence-corrected chi connectivity index (χ3v) is 5.81. The van der Waals surface area contributed by atoms with Crippen molar-refractivity contribution in [3.8, 4) is 0 Å². The summed E-state index contributed by atoms with van der Waals surface area (Å²) in [6.07, 6.45) is 0.416. The molecule has 2 bridgehead atoms. The molecule has 0 radical (unpaired) electrons. The van der Waals surface area contributed by atoms with E-state index in [0.717, 1.165) is 12.0 Å². The first-order valence-electron chi connectivity index (χ1n) is 7.43. The van der Waals surface area contributed by atoms with Gasteiger partial charge < -0.3 is 14.7 Å². The number of rotatable bonds is 2. The van der Waals surface area contributed by atoms with Crippen LogP contribution in [-0.4, -0.2) is 34.3 Å². The second-order valence-electron chi connectivity index (χ2n) is 6.60. The van der Waals surface area contributed by atoms with Gasteiger partial charge in [-0.05, 0) is 23.8 Å². The van der Waals surface area contributed by atoms with Crippen LogP contribution in [0.15, 0.2) is 30.3 Å². The predicted molar refractivity (Wildman–Crippen MR) is 70.2 cm³/mol. The number of hydrogen-bond acceptors (Lipinski definition) is 3. The summed E-state index contributed by atoms with van der Waals surface area (Å²) < 4.78 is 6.05. The Morgan fingerprint density at radius 3 is 2.85 bits per heavy atom. The fourth-order valence-corrected chi connectivity index (χ4v) is 5.09. The van der Waals surface area contributed by atoms with E-state index in [1.165, 1.54) is 0 Å². The summed E-state index contributed by atoms with van der Waals surface area (Å²) >= 11 is 0. The topological polar surface area (TPSA) is 49.8 Å². The maximum absolute atomic E-state index is 12.7. The molecule has 5 rings (SSSR count). The summed E-state index contributed by atoms with van der Waals surface area (Å²) in [6, 6.07) is 10.1. The van der Waals surface area contributed by atoms with E-state index in [-0.39, 0.29) is 30.1 Å². The van der Waals surface area contributed by atoms with Crippen LogP contribution >= 0.6 is 0 Å². The lowest BCUT2D eigenvalue weighted by Crippen LogP contribution is -2.43. The zero-order valence-corrected chi connectivity index (χ0v) is 11.1. The molecule has 1 aromatic carbocycles. The maximum Gasteiger partial charge on any atom is 0.228 e. The van der Waals surface area contributed by atoms with Gasteiger partial charge in [-0.15, -0.1) is 0 Å². The summed E-state index contributed by atoms with van der Waals surface area (Å²) in [7, 11) is 0. The van der Waals surface area contributed by atoms with Gasteiger partial charge in [0.15, 0.2) is 0 Å². The summed E-state index contributed by atoms with van der Waals surface area (Å²) in [5.41, 5.74) is 1.14. The third-order valence-electron chi connectivity index (χ3n) is 5.81. The molecule has 7 unspecified atom stereocenters. The lowest BCUT2D eigenvalue weighted by Gasteiger charge is -2.30. The molecule has 104 valence electrons. The average Bonchev–Trinajstić information content (AvgIpc) is 3.12. The molecular weight excluding hydrogens is 254 g/mol. The van der Waals surface area contributed by atoms with Gasteiger partial charge in [-0.3, -0.25) is 4.79 Å². The Morgan fingerprint density at radius 1 is 1.25 bits per heavy atom. The molecule has 4 nitrogen and oxygen atoms in total. The highest BCUT2D eigenvalue weighted by Crippen LogP contribution is 2.63. The number of amides is 1. The van der Waals surface area contributed by atoms with Crippen LogP contribution in [0.4, 0.5) is 0 Å². The van der Waals surface area contributed by atoms with E-state index in [0.29, 0.717) is 18.4 Å². The Labute approximate surface area is 117 Å². The van der Waals surface area contributed by atoms with Crippen LogP contribution in [0, 0.1) is 23.7 Å². The van der Waals surface area contributed by atoms with Gasteiger partial charge in [-0.1, -0.05) is 30.3 Å². The normalized spacial score (nSPS) is 47.5. The van der Waals surface area contributed by atoms with Crippen molar-refractivity contribution >= 4 is 5.91 Å². The van der Waals surface area contributed by atoms with Crippen LogP contribution in [0.2, 0.25) is 0 Å². The van der Waals surface area contributed by atoms with E-state index in [1.54, 1.807) is 0 Å². The minimum absolute atomic E-state index is 0.00228. The molecule has 0 aromatic heterocycles. The standard InChI is InChI=1S/C16H17NO3/c18-13-9-6-10-12-11(9)15(19)17(16(12)20-14(10)13)7-8-4-2-1-3-5-8/h1-5,9-14,16,18H,6-7H2. The zero-order chi connectivity index (χ0) is 13.4.